The molecule has 28 heavy (non-hydrogen) atoms. The highest BCUT2D eigenvalue weighted by Gasteiger charge is 2.22. The molecule has 7 heteroatoms. The van der Waals surface area contributed by atoms with Crippen LogP contribution >= 0.6 is 0 Å². The molecule has 0 aliphatic heterocycles. The van der Waals surface area contributed by atoms with Crippen LogP contribution in [0.5, 0.6) is 5.75 Å². The van der Waals surface area contributed by atoms with Crippen molar-refractivity contribution in [3.05, 3.63) is 29.3 Å². The van der Waals surface area contributed by atoms with Crippen LogP contribution in [-0.2, 0) is 16.1 Å². The van der Waals surface area contributed by atoms with E-state index in [1.54, 1.807) is 7.05 Å². The highest BCUT2D eigenvalue weighted by molar-refractivity contribution is 5.80. The van der Waals surface area contributed by atoms with E-state index in [9.17, 15) is 4.79 Å². The number of aryl methyl sites for hydroxylation is 1. The molecule has 1 aromatic rings. The van der Waals surface area contributed by atoms with E-state index in [4.69, 9.17) is 9.47 Å². The predicted octanol–water partition coefficient (Wildman–Crippen LogP) is 2.13. The van der Waals surface area contributed by atoms with E-state index in [-0.39, 0.29) is 5.91 Å². The van der Waals surface area contributed by atoms with Crippen molar-refractivity contribution >= 4 is 11.9 Å². The van der Waals surface area contributed by atoms with Gasteiger partial charge in [0.25, 0.3) is 0 Å². The minimum atomic E-state index is 0.140. The highest BCUT2D eigenvalue weighted by Crippen LogP contribution is 2.20. The Morgan fingerprint density at radius 3 is 2.79 bits per heavy atom. The van der Waals surface area contributed by atoms with Gasteiger partial charge in [-0.1, -0.05) is 12.1 Å². The van der Waals surface area contributed by atoms with Crippen molar-refractivity contribution < 1.29 is 14.3 Å². The lowest BCUT2D eigenvalue weighted by atomic mass is 10.1. The fourth-order valence-corrected chi connectivity index (χ4v) is 2.68. The maximum Gasteiger partial charge on any atom is 0.220 e. The fourth-order valence-electron chi connectivity index (χ4n) is 2.68. The molecule has 156 valence electrons. The van der Waals surface area contributed by atoms with Gasteiger partial charge in [0, 0.05) is 44.8 Å². The fraction of sp³-hybridized carbons (Fsp3) is 0.619. The van der Waals surface area contributed by atoms with Crippen LogP contribution in [0.1, 0.15) is 43.7 Å². The lowest BCUT2D eigenvalue weighted by molar-refractivity contribution is -0.121. The number of aliphatic imine (C=N–C) groups is 1. The first-order valence-corrected chi connectivity index (χ1v) is 10.2. The van der Waals surface area contributed by atoms with E-state index in [1.165, 1.54) is 0 Å². The van der Waals surface area contributed by atoms with Crippen LogP contribution in [0.4, 0.5) is 0 Å². The Kier molecular flexibility index (Phi) is 9.62. The average Bonchev–Trinajstić information content (AvgIpc) is 3.49. The Bertz CT molecular complexity index is 645. The summed E-state index contributed by atoms with van der Waals surface area (Å²) in [5.74, 6) is 1.71. The zero-order chi connectivity index (χ0) is 20.2. The van der Waals surface area contributed by atoms with Gasteiger partial charge in [0.1, 0.15) is 12.4 Å². The van der Waals surface area contributed by atoms with Crippen molar-refractivity contribution in [2.45, 2.75) is 52.1 Å². The molecule has 0 heterocycles. The molecule has 7 nitrogen and oxygen atoms in total. The number of hydrogen-bond donors (Lipinski definition) is 3. The standard InChI is InChI=1S/C21H34N4O3/c1-4-27-12-13-28-19-14-16(2)7-8-17(19)15-24-21(22-3)23-11-5-6-20(26)25-18-9-10-18/h7-8,14,18H,4-6,9-13,15H2,1-3H3,(H,25,26)(H2,22,23,24). The molecule has 1 aliphatic carbocycles. The Balaban J connectivity index is 1.73. The summed E-state index contributed by atoms with van der Waals surface area (Å²) in [5, 5.41) is 9.56. The van der Waals surface area contributed by atoms with Gasteiger partial charge in [-0.25, -0.2) is 0 Å². The Labute approximate surface area is 168 Å². The molecule has 0 saturated heterocycles. The van der Waals surface area contributed by atoms with Gasteiger partial charge < -0.3 is 25.4 Å². The number of amides is 1. The average molecular weight is 391 g/mol. The minimum Gasteiger partial charge on any atom is -0.491 e. The molecule has 3 N–H and O–H groups in total. The summed E-state index contributed by atoms with van der Waals surface area (Å²) in [6.45, 7) is 7.12. The van der Waals surface area contributed by atoms with E-state index >= 15 is 0 Å². The SMILES string of the molecule is CCOCCOc1cc(C)ccc1CNC(=NC)NCCCC(=O)NC1CC1. The highest BCUT2D eigenvalue weighted by atomic mass is 16.5. The Hall–Kier alpha value is -2.28. The van der Waals surface area contributed by atoms with Crippen LogP contribution in [0.15, 0.2) is 23.2 Å². The number of rotatable bonds is 12. The quantitative estimate of drug-likeness (QED) is 0.289. The van der Waals surface area contributed by atoms with E-state index in [0.717, 1.165) is 36.1 Å². The second kappa shape index (κ2) is 12.2. The van der Waals surface area contributed by atoms with E-state index in [0.29, 0.717) is 51.3 Å². The molecule has 1 aliphatic rings. The van der Waals surface area contributed by atoms with E-state index in [2.05, 4.69) is 33.1 Å². The summed E-state index contributed by atoms with van der Waals surface area (Å²) in [6.07, 6.45) is 3.56. The molecule has 0 bridgehead atoms. The molecule has 0 atom stereocenters. The number of hydrogen-bond acceptors (Lipinski definition) is 4. The molecule has 1 fully saturated rings. The second-order valence-corrected chi connectivity index (χ2v) is 6.95. The smallest absolute Gasteiger partial charge is 0.220 e. The van der Waals surface area contributed by atoms with Gasteiger partial charge in [0.05, 0.1) is 6.61 Å². The number of carbonyl (C=O) groups excluding carboxylic acids is 1. The van der Waals surface area contributed by atoms with Gasteiger partial charge in [0.2, 0.25) is 5.91 Å². The van der Waals surface area contributed by atoms with Crippen molar-refractivity contribution in [1.29, 1.82) is 0 Å². The zero-order valence-electron chi connectivity index (χ0n) is 17.3. The third-order valence-electron chi connectivity index (χ3n) is 4.40. The predicted molar refractivity (Wildman–Crippen MR) is 112 cm³/mol. The van der Waals surface area contributed by atoms with Crippen LogP contribution in [0.25, 0.3) is 0 Å². The molecule has 1 aromatic carbocycles. The van der Waals surface area contributed by atoms with Gasteiger partial charge in [-0.2, -0.15) is 0 Å². The van der Waals surface area contributed by atoms with Gasteiger partial charge in [-0.15, -0.1) is 0 Å². The van der Waals surface area contributed by atoms with Gasteiger partial charge >= 0.3 is 0 Å². The van der Waals surface area contributed by atoms with Crippen molar-refractivity contribution in [3.63, 3.8) is 0 Å². The third-order valence-corrected chi connectivity index (χ3v) is 4.40. The maximum atomic E-state index is 11.7. The molecule has 0 spiro atoms. The minimum absolute atomic E-state index is 0.140. The summed E-state index contributed by atoms with van der Waals surface area (Å²) in [7, 11) is 1.74. The van der Waals surface area contributed by atoms with Crippen LogP contribution in [0.3, 0.4) is 0 Å². The molecular formula is C21H34N4O3. The van der Waals surface area contributed by atoms with Crippen LogP contribution in [0.2, 0.25) is 0 Å². The first kappa shape index (κ1) is 22.0. The number of nitrogens with zero attached hydrogens (tertiary/aromatic N) is 1. The van der Waals surface area contributed by atoms with Crippen LogP contribution < -0.4 is 20.7 Å². The lowest BCUT2D eigenvalue weighted by Gasteiger charge is -2.15. The Morgan fingerprint density at radius 1 is 1.25 bits per heavy atom. The van der Waals surface area contributed by atoms with Crippen molar-refractivity contribution in [1.82, 2.24) is 16.0 Å². The van der Waals surface area contributed by atoms with Crippen molar-refractivity contribution in [3.8, 4) is 5.75 Å². The van der Waals surface area contributed by atoms with Crippen LogP contribution in [0, 0.1) is 6.92 Å². The molecule has 0 aromatic heterocycles. The van der Waals surface area contributed by atoms with E-state index in [1.807, 2.05) is 19.9 Å². The summed E-state index contributed by atoms with van der Waals surface area (Å²) in [5.41, 5.74) is 2.22. The van der Waals surface area contributed by atoms with Crippen LogP contribution in [-0.4, -0.2) is 51.3 Å². The topological polar surface area (TPSA) is 84.0 Å². The summed E-state index contributed by atoms with van der Waals surface area (Å²) in [6, 6.07) is 6.60. The first-order valence-electron chi connectivity index (χ1n) is 10.2. The Morgan fingerprint density at radius 2 is 2.07 bits per heavy atom. The molecule has 2 rings (SSSR count). The number of guanidine groups is 1. The molecule has 0 unspecified atom stereocenters. The number of benzene rings is 1. The monoisotopic (exact) mass is 390 g/mol. The molecule has 1 saturated carbocycles. The van der Waals surface area contributed by atoms with Crippen molar-refractivity contribution in [2.75, 3.05) is 33.4 Å². The van der Waals surface area contributed by atoms with Gasteiger partial charge in [-0.05, 0) is 44.7 Å². The number of carbonyl (C=O) groups is 1. The number of ether oxygens (including phenoxy) is 2. The summed E-state index contributed by atoms with van der Waals surface area (Å²) in [4.78, 5) is 15.9. The van der Waals surface area contributed by atoms with Gasteiger partial charge in [-0.3, -0.25) is 9.79 Å². The maximum absolute atomic E-state index is 11.7. The summed E-state index contributed by atoms with van der Waals surface area (Å²) < 4.78 is 11.2. The summed E-state index contributed by atoms with van der Waals surface area (Å²) >= 11 is 0. The third kappa shape index (κ3) is 8.61. The lowest BCUT2D eigenvalue weighted by Crippen LogP contribution is -2.37. The first-order chi connectivity index (χ1) is 13.6. The van der Waals surface area contributed by atoms with E-state index < -0.39 is 0 Å². The van der Waals surface area contributed by atoms with Gasteiger partial charge in [0.15, 0.2) is 5.96 Å². The zero-order valence-corrected chi connectivity index (χ0v) is 17.3. The molecular weight excluding hydrogens is 356 g/mol. The largest absolute Gasteiger partial charge is 0.491 e. The molecule has 1 amide bonds. The second-order valence-electron chi connectivity index (χ2n) is 6.95. The van der Waals surface area contributed by atoms with Crippen molar-refractivity contribution in [2.24, 2.45) is 4.99 Å². The normalized spacial score (nSPS) is 13.9. The molecule has 0 radical (unpaired) electrons. The number of nitrogens with one attached hydrogen (secondary N) is 3.